The smallest absolute Gasteiger partial charge is 0.398 e. The van der Waals surface area contributed by atoms with E-state index in [9.17, 15) is 26.3 Å². The highest BCUT2D eigenvalue weighted by Crippen LogP contribution is 2.42. The Hall–Kier alpha value is -0.520. The quantitative estimate of drug-likeness (QED) is 0.0645. The fourth-order valence-electron chi connectivity index (χ4n) is 5.03. The van der Waals surface area contributed by atoms with Crippen molar-refractivity contribution in [1.82, 2.24) is 0 Å². The molecule has 11 heteroatoms. The van der Waals surface area contributed by atoms with Crippen molar-refractivity contribution in [2.75, 3.05) is 22.2 Å². The average molecular weight is 781 g/mol. The number of ether oxygens (including phenoxy) is 1. The van der Waals surface area contributed by atoms with Gasteiger partial charge in [0.15, 0.2) is 0 Å². The molecule has 0 amide bonds. The van der Waals surface area contributed by atoms with Crippen LogP contribution < -0.4 is 4.74 Å². The molecule has 2 aromatic carbocycles. The van der Waals surface area contributed by atoms with Crippen molar-refractivity contribution < 1.29 is 31.1 Å². The van der Waals surface area contributed by atoms with Crippen molar-refractivity contribution in [3.63, 3.8) is 0 Å². The van der Waals surface area contributed by atoms with Crippen molar-refractivity contribution in [2.45, 2.75) is 114 Å². The topological polar surface area (TPSA) is 9.23 Å². The normalized spacial score (nSPS) is 12.3. The van der Waals surface area contributed by atoms with E-state index < -0.39 is 23.9 Å². The highest BCUT2D eigenvalue weighted by Gasteiger charge is 2.29. The lowest BCUT2D eigenvalue weighted by atomic mass is 9.95. The van der Waals surface area contributed by atoms with Crippen LogP contribution in [-0.4, -0.2) is 34.5 Å². The Morgan fingerprint density at radius 1 is 0.558 bits per heavy atom. The fourth-order valence-corrected chi connectivity index (χ4v) is 7.52. The molecule has 0 aliphatic carbocycles. The number of halogens is 8. The van der Waals surface area contributed by atoms with E-state index in [2.05, 4.69) is 31.9 Å². The zero-order chi connectivity index (χ0) is 32.2. The van der Waals surface area contributed by atoms with Crippen LogP contribution in [-0.2, 0) is 12.8 Å². The van der Waals surface area contributed by atoms with Gasteiger partial charge in [-0.05, 0) is 112 Å². The largest absolute Gasteiger partial charge is 0.457 e. The van der Waals surface area contributed by atoms with Crippen LogP contribution in [0.4, 0.5) is 26.3 Å². The van der Waals surface area contributed by atoms with Crippen LogP contribution in [0.25, 0.3) is 0 Å². The molecule has 0 fully saturated rings. The molecule has 0 radical (unpaired) electrons. The maximum absolute atomic E-state index is 13.2. The number of alkyl halides is 8. The second kappa shape index (κ2) is 18.6. The molecule has 43 heavy (non-hydrogen) atoms. The van der Waals surface area contributed by atoms with E-state index >= 15 is 0 Å². The lowest BCUT2D eigenvalue weighted by Gasteiger charge is -2.22. The molecular formula is C32H42Br2F6OS2. The van der Waals surface area contributed by atoms with Crippen LogP contribution in [0.15, 0.2) is 21.9 Å². The Kier molecular flexibility index (Phi) is 16.7. The average Bonchev–Trinajstić information content (AvgIpc) is 2.92. The summed E-state index contributed by atoms with van der Waals surface area (Å²) in [6.07, 6.45) is 0.886. The molecule has 0 saturated heterocycles. The van der Waals surface area contributed by atoms with Gasteiger partial charge >= 0.3 is 12.4 Å². The molecule has 0 N–H and O–H groups in total. The van der Waals surface area contributed by atoms with Gasteiger partial charge in [0.1, 0.15) is 11.5 Å². The van der Waals surface area contributed by atoms with E-state index in [4.69, 9.17) is 4.74 Å². The first-order chi connectivity index (χ1) is 20.2. The summed E-state index contributed by atoms with van der Waals surface area (Å²) in [4.78, 5) is 1.02. The lowest BCUT2D eigenvalue weighted by Crippen LogP contribution is -2.11. The van der Waals surface area contributed by atoms with E-state index in [1.54, 1.807) is 12.1 Å². The third kappa shape index (κ3) is 13.4. The Morgan fingerprint density at radius 3 is 1.23 bits per heavy atom. The number of thioether (sulfide) groups is 2. The molecule has 2 aromatic rings. The van der Waals surface area contributed by atoms with Gasteiger partial charge in [0.05, 0.1) is 11.5 Å². The predicted molar refractivity (Wildman–Crippen MR) is 177 cm³/mol. The second-order valence-electron chi connectivity index (χ2n) is 10.8. The maximum Gasteiger partial charge on any atom is 0.398 e. The minimum Gasteiger partial charge on any atom is -0.457 e. The molecule has 0 saturated carbocycles. The van der Waals surface area contributed by atoms with Gasteiger partial charge in [-0.25, -0.2) is 0 Å². The fraction of sp³-hybridized carbons (Fsp3) is 0.625. The van der Waals surface area contributed by atoms with E-state index in [0.717, 1.165) is 132 Å². The monoisotopic (exact) mass is 778 g/mol. The molecule has 0 unspecified atom stereocenters. The molecule has 0 spiro atoms. The van der Waals surface area contributed by atoms with E-state index in [1.807, 2.05) is 27.7 Å². The standard InChI is InChI=1S/C32H42Br2F6OS2/c1-21-25(13-9-5-7-11-15-33)23(3)29(42-19-31(35,36)37)17-27(21)41-28-18-30(43-20-32(38,39)40)24(4)26(22(28)2)14-10-6-8-12-16-34/h17-18H,5-16,19-20H2,1-4H3. The third-order valence-electron chi connectivity index (χ3n) is 7.44. The van der Waals surface area contributed by atoms with Gasteiger partial charge in [0.2, 0.25) is 0 Å². The summed E-state index contributed by atoms with van der Waals surface area (Å²) in [5.41, 5.74) is 5.32. The number of rotatable bonds is 18. The van der Waals surface area contributed by atoms with Crippen molar-refractivity contribution in [3.05, 3.63) is 45.5 Å². The van der Waals surface area contributed by atoms with Crippen LogP contribution in [0.5, 0.6) is 11.5 Å². The van der Waals surface area contributed by atoms with Crippen molar-refractivity contribution >= 4 is 55.4 Å². The summed E-state index contributed by atoms with van der Waals surface area (Å²) in [6, 6.07) is 3.33. The van der Waals surface area contributed by atoms with Crippen molar-refractivity contribution in [1.29, 1.82) is 0 Å². The van der Waals surface area contributed by atoms with Gasteiger partial charge in [0.25, 0.3) is 0 Å². The summed E-state index contributed by atoms with van der Waals surface area (Å²) >= 11 is 8.39. The summed E-state index contributed by atoms with van der Waals surface area (Å²) in [7, 11) is 0. The van der Waals surface area contributed by atoms with Gasteiger partial charge in [-0.2, -0.15) is 26.3 Å². The van der Waals surface area contributed by atoms with Gasteiger partial charge in [-0.3, -0.25) is 0 Å². The molecule has 0 atom stereocenters. The minimum absolute atomic E-state index is 0.452. The van der Waals surface area contributed by atoms with Crippen LogP contribution in [0.1, 0.15) is 84.7 Å². The first-order valence-corrected chi connectivity index (χ1v) is 18.8. The van der Waals surface area contributed by atoms with Crippen molar-refractivity contribution in [3.8, 4) is 11.5 Å². The Bertz CT molecular complexity index is 1080. The first-order valence-electron chi connectivity index (χ1n) is 14.6. The molecule has 1 nitrogen and oxygen atoms in total. The predicted octanol–water partition coefficient (Wildman–Crippen LogP) is 13.0. The molecule has 244 valence electrons. The Labute approximate surface area is 278 Å². The highest BCUT2D eigenvalue weighted by molar-refractivity contribution is 9.09. The van der Waals surface area contributed by atoms with Crippen LogP contribution in [0.3, 0.4) is 0 Å². The SMILES string of the molecule is Cc1c(Oc2cc(SCC(F)(F)F)c(C)c(CCCCCCBr)c2C)cc(SCC(F)(F)F)c(C)c1CCCCCCBr. The summed E-state index contributed by atoms with van der Waals surface area (Å²) < 4.78 is 85.6. The molecular weight excluding hydrogens is 738 g/mol. The van der Waals surface area contributed by atoms with Crippen LogP contribution in [0, 0.1) is 27.7 Å². The number of hydrogen-bond donors (Lipinski definition) is 0. The summed E-state index contributed by atoms with van der Waals surface area (Å²) in [5, 5.41) is 1.87. The minimum atomic E-state index is -4.32. The summed E-state index contributed by atoms with van der Waals surface area (Å²) in [5.74, 6) is -1.12. The van der Waals surface area contributed by atoms with Gasteiger partial charge in [0, 0.05) is 20.5 Å². The van der Waals surface area contributed by atoms with Gasteiger partial charge in [-0.1, -0.05) is 57.5 Å². The molecule has 0 aliphatic heterocycles. The second-order valence-corrected chi connectivity index (χ2v) is 14.4. The maximum atomic E-state index is 13.2. The lowest BCUT2D eigenvalue weighted by molar-refractivity contribution is -0.106. The highest BCUT2D eigenvalue weighted by atomic mass is 79.9. The first kappa shape index (κ1) is 38.7. The third-order valence-corrected chi connectivity index (χ3v) is 11.0. The Balaban J connectivity index is 2.53. The van der Waals surface area contributed by atoms with E-state index in [-0.39, 0.29) is 0 Å². The molecule has 0 bridgehead atoms. The zero-order valence-electron chi connectivity index (χ0n) is 25.3. The van der Waals surface area contributed by atoms with E-state index in [1.165, 1.54) is 0 Å². The number of unbranched alkanes of at least 4 members (excludes halogenated alkanes) is 6. The van der Waals surface area contributed by atoms with E-state index in [0.29, 0.717) is 21.3 Å². The Morgan fingerprint density at radius 2 is 0.907 bits per heavy atom. The molecule has 0 heterocycles. The zero-order valence-corrected chi connectivity index (χ0v) is 30.1. The summed E-state index contributed by atoms with van der Waals surface area (Å²) in [6.45, 7) is 7.56. The number of benzene rings is 2. The van der Waals surface area contributed by atoms with Crippen molar-refractivity contribution in [2.24, 2.45) is 0 Å². The van der Waals surface area contributed by atoms with Crippen LogP contribution in [0.2, 0.25) is 0 Å². The molecule has 0 aromatic heterocycles. The molecule has 0 aliphatic rings. The molecule has 2 rings (SSSR count). The van der Waals surface area contributed by atoms with Crippen LogP contribution >= 0.6 is 55.4 Å². The van der Waals surface area contributed by atoms with Gasteiger partial charge in [-0.15, -0.1) is 23.5 Å². The number of hydrogen-bond acceptors (Lipinski definition) is 3. The van der Waals surface area contributed by atoms with Gasteiger partial charge < -0.3 is 4.74 Å².